The van der Waals surface area contributed by atoms with Gasteiger partial charge in [-0.25, -0.2) is 4.57 Å². The molecule has 0 rings (SSSR count). The first kappa shape index (κ1) is 35.8. The molecule has 0 bridgehead atoms. The Morgan fingerprint density at radius 2 is 1.29 bits per heavy atom. The van der Waals surface area contributed by atoms with Crippen LogP contribution in [0.1, 0.15) is 96.8 Å². The molecule has 1 atom stereocenters. The van der Waals surface area contributed by atoms with Crippen LogP contribution in [0.15, 0.2) is 12.2 Å². The first-order valence-electron chi connectivity index (χ1n) is 11.1. The van der Waals surface area contributed by atoms with Crippen LogP contribution in [-0.2, 0) is 14.1 Å². The summed E-state index contributed by atoms with van der Waals surface area (Å²) in [6.07, 6.45) is 20.1. The van der Waals surface area contributed by atoms with Crippen molar-refractivity contribution >= 4 is 43.3 Å². The van der Waals surface area contributed by atoms with Gasteiger partial charge in [0.05, 0.1) is 6.61 Å². The molecule has 0 amide bonds. The molecular formula is C21H44NaO8P. The van der Waals surface area contributed by atoms with E-state index in [0.717, 1.165) is 25.7 Å². The number of aliphatic hydroxyl groups excluding tert-OH is 2. The molecule has 0 aliphatic rings. The second-order valence-corrected chi connectivity index (χ2v) is 8.39. The maximum absolute atomic E-state index is 11.4. The predicted octanol–water partition coefficient (Wildman–Crippen LogP) is 3.34. The van der Waals surface area contributed by atoms with Gasteiger partial charge in [-0.05, 0) is 32.1 Å². The van der Waals surface area contributed by atoms with Crippen LogP contribution >= 0.6 is 7.82 Å². The van der Waals surface area contributed by atoms with Gasteiger partial charge in [0, 0.05) is 6.42 Å². The van der Waals surface area contributed by atoms with Crippen LogP contribution in [0, 0.1) is 0 Å². The molecule has 0 saturated heterocycles. The summed E-state index contributed by atoms with van der Waals surface area (Å²) in [5.74, 6) is -0.287. The fourth-order valence-electron chi connectivity index (χ4n) is 2.65. The summed E-state index contributed by atoms with van der Waals surface area (Å²) in [5.41, 5.74) is 0. The minimum absolute atomic E-state index is 0. The standard InChI is InChI=1S/C21H40O4.Na.H3O4P.H/c1-2-3-4-5-6-7-8-9-10-11-12-13-14-15-16-17-21(24)25-19-20(23)18-22;;1-5(2,3)4;/h9-10,20,22-23H,2-8,11-19H2,1H3;;(H3,1,2,3,4);. The number of aliphatic hydroxyl groups is 2. The molecule has 1 unspecified atom stereocenters. The van der Waals surface area contributed by atoms with Gasteiger partial charge in [-0.2, -0.15) is 0 Å². The predicted molar refractivity (Wildman–Crippen MR) is 125 cm³/mol. The molecule has 10 heteroatoms. The molecular weight excluding hydrogens is 434 g/mol. The van der Waals surface area contributed by atoms with E-state index in [2.05, 4.69) is 19.1 Å². The summed E-state index contributed by atoms with van der Waals surface area (Å²) in [6.45, 7) is 1.77. The Morgan fingerprint density at radius 3 is 1.74 bits per heavy atom. The number of hydrogen-bond donors (Lipinski definition) is 5. The van der Waals surface area contributed by atoms with Crippen LogP contribution in [0.3, 0.4) is 0 Å². The topological polar surface area (TPSA) is 145 Å². The maximum atomic E-state index is 11.4. The van der Waals surface area contributed by atoms with Crippen molar-refractivity contribution in [2.75, 3.05) is 13.2 Å². The quantitative estimate of drug-likeness (QED) is 0.0663. The van der Waals surface area contributed by atoms with Crippen LogP contribution in [0.4, 0.5) is 0 Å². The summed E-state index contributed by atoms with van der Waals surface area (Å²) in [7, 11) is -4.64. The number of hydrogen-bond acceptors (Lipinski definition) is 5. The SMILES string of the molecule is CCCCCCCCC=CCCCCCCCC(=O)OCC(O)CO.O=P(O)(O)O.[NaH]. The Balaban J connectivity index is -0.00000116. The van der Waals surface area contributed by atoms with Gasteiger partial charge < -0.3 is 29.6 Å². The molecule has 0 aromatic carbocycles. The minimum atomic E-state index is -4.64. The Labute approximate surface area is 210 Å². The van der Waals surface area contributed by atoms with Crippen LogP contribution in [0.25, 0.3) is 0 Å². The number of carbonyl (C=O) groups excluding carboxylic acids is 1. The Morgan fingerprint density at radius 1 is 0.871 bits per heavy atom. The van der Waals surface area contributed by atoms with E-state index < -0.39 is 13.9 Å². The molecule has 0 heterocycles. The Bertz CT molecular complexity index is 448. The number of unbranched alkanes of at least 4 members (excludes halogenated alkanes) is 11. The van der Waals surface area contributed by atoms with Crippen LogP contribution in [0.2, 0.25) is 0 Å². The molecule has 0 aliphatic carbocycles. The zero-order valence-corrected chi connectivity index (χ0v) is 19.3. The van der Waals surface area contributed by atoms with E-state index in [-0.39, 0.29) is 48.7 Å². The van der Waals surface area contributed by atoms with E-state index in [4.69, 9.17) is 34.2 Å². The van der Waals surface area contributed by atoms with E-state index in [1.165, 1.54) is 57.8 Å². The van der Waals surface area contributed by atoms with Gasteiger partial charge in [0.15, 0.2) is 0 Å². The molecule has 182 valence electrons. The van der Waals surface area contributed by atoms with Gasteiger partial charge >= 0.3 is 43.3 Å². The van der Waals surface area contributed by atoms with Gasteiger partial charge in [-0.15, -0.1) is 0 Å². The Hall–Kier alpha value is 0.240. The number of rotatable bonds is 18. The van der Waals surface area contributed by atoms with Crippen LogP contribution < -0.4 is 0 Å². The zero-order chi connectivity index (χ0) is 23.1. The molecule has 0 spiro atoms. The summed E-state index contributed by atoms with van der Waals surface area (Å²) in [5, 5.41) is 17.7. The van der Waals surface area contributed by atoms with E-state index in [1.807, 2.05) is 0 Å². The number of ether oxygens (including phenoxy) is 1. The van der Waals surface area contributed by atoms with Crippen molar-refractivity contribution in [3.8, 4) is 0 Å². The van der Waals surface area contributed by atoms with E-state index in [0.29, 0.717) is 6.42 Å². The fourth-order valence-corrected chi connectivity index (χ4v) is 2.65. The third-order valence-electron chi connectivity index (χ3n) is 4.29. The van der Waals surface area contributed by atoms with E-state index in [1.54, 1.807) is 0 Å². The Kier molecular flexibility index (Phi) is 30.6. The molecule has 0 radical (unpaired) electrons. The van der Waals surface area contributed by atoms with Gasteiger partial charge in [0.25, 0.3) is 0 Å². The average Bonchev–Trinajstić information content (AvgIpc) is 2.67. The van der Waals surface area contributed by atoms with Crippen molar-refractivity contribution < 1.29 is 39.0 Å². The molecule has 31 heavy (non-hydrogen) atoms. The molecule has 0 saturated carbocycles. The first-order valence-corrected chi connectivity index (χ1v) is 12.6. The molecule has 0 aromatic rings. The summed E-state index contributed by atoms with van der Waals surface area (Å²) in [4.78, 5) is 32.9. The molecule has 5 N–H and O–H groups in total. The third kappa shape index (κ3) is 41.0. The number of carbonyl (C=O) groups is 1. The van der Waals surface area contributed by atoms with Crippen LogP contribution in [0.5, 0.6) is 0 Å². The number of allylic oxidation sites excluding steroid dienone is 2. The molecule has 0 fully saturated rings. The number of esters is 1. The van der Waals surface area contributed by atoms with E-state index in [9.17, 15) is 4.79 Å². The van der Waals surface area contributed by atoms with Crippen molar-refractivity contribution in [1.29, 1.82) is 0 Å². The molecule has 8 nitrogen and oxygen atoms in total. The van der Waals surface area contributed by atoms with Crippen molar-refractivity contribution in [2.45, 2.75) is 103 Å². The van der Waals surface area contributed by atoms with Gasteiger partial charge in [0.1, 0.15) is 12.7 Å². The van der Waals surface area contributed by atoms with Gasteiger partial charge in [-0.3, -0.25) is 4.79 Å². The van der Waals surface area contributed by atoms with Gasteiger partial charge in [-0.1, -0.05) is 70.4 Å². The second-order valence-electron chi connectivity index (χ2n) is 7.37. The summed E-state index contributed by atoms with van der Waals surface area (Å²) in [6, 6.07) is 0. The average molecular weight is 479 g/mol. The van der Waals surface area contributed by atoms with Crippen molar-refractivity contribution in [3.63, 3.8) is 0 Å². The molecule has 0 aromatic heterocycles. The monoisotopic (exact) mass is 478 g/mol. The van der Waals surface area contributed by atoms with Gasteiger partial charge in [0.2, 0.25) is 0 Å². The van der Waals surface area contributed by atoms with E-state index >= 15 is 0 Å². The molecule has 0 aliphatic heterocycles. The summed E-state index contributed by atoms with van der Waals surface area (Å²) >= 11 is 0. The number of phosphoric acid groups is 1. The van der Waals surface area contributed by atoms with Crippen LogP contribution in [-0.4, -0.2) is 79.7 Å². The van der Waals surface area contributed by atoms with Crippen molar-refractivity contribution in [2.24, 2.45) is 0 Å². The second kappa shape index (κ2) is 26.5. The first-order chi connectivity index (χ1) is 14.2. The van der Waals surface area contributed by atoms with Crippen molar-refractivity contribution in [1.82, 2.24) is 0 Å². The van der Waals surface area contributed by atoms with Crippen molar-refractivity contribution in [3.05, 3.63) is 12.2 Å². The summed E-state index contributed by atoms with van der Waals surface area (Å²) < 4.78 is 13.7. The normalized spacial score (nSPS) is 12.1. The fraction of sp³-hybridized carbons (Fsp3) is 0.857. The third-order valence-corrected chi connectivity index (χ3v) is 4.29. The zero-order valence-electron chi connectivity index (χ0n) is 18.5.